The van der Waals surface area contributed by atoms with Crippen LogP contribution in [0.5, 0.6) is 5.75 Å². The molecular weight excluding hydrogens is 316 g/mol. The molecule has 2 heterocycles. The summed E-state index contributed by atoms with van der Waals surface area (Å²) in [6.45, 7) is 9.45. The van der Waals surface area contributed by atoms with E-state index in [1.807, 2.05) is 36.9 Å². The van der Waals surface area contributed by atoms with Crippen molar-refractivity contribution >= 4 is 22.8 Å². The number of carbonyl (C=O) groups is 1. The number of fused-ring (bicyclic) bond motifs is 1. The molecule has 1 aliphatic heterocycles. The first-order valence-corrected chi connectivity index (χ1v) is 8.70. The molecule has 1 amide bonds. The van der Waals surface area contributed by atoms with E-state index in [-0.39, 0.29) is 11.9 Å². The molecule has 6 heteroatoms. The zero-order chi connectivity index (χ0) is 17.8. The van der Waals surface area contributed by atoms with Crippen LogP contribution < -0.4 is 15.0 Å². The summed E-state index contributed by atoms with van der Waals surface area (Å²) in [5.74, 6) is 1.44. The highest BCUT2D eigenvalue weighted by molar-refractivity contribution is 5.87. The second kappa shape index (κ2) is 7.51. The van der Waals surface area contributed by atoms with E-state index in [4.69, 9.17) is 9.72 Å². The molecule has 0 unspecified atom stereocenters. The largest absolute Gasteiger partial charge is 0.494 e. The summed E-state index contributed by atoms with van der Waals surface area (Å²) < 4.78 is 5.56. The van der Waals surface area contributed by atoms with Gasteiger partial charge in [-0.3, -0.25) is 4.79 Å². The first kappa shape index (κ1) is 17.2. The molecule has 1 aromatic carbocycles. The fraction of sp³-hybridized carbons (Fsp3) is 0.421. The molecule has 1 atom stereocenters. The van der Waals surface area contributed by atoms with E-state index in [2.05, 4.69) is 16.9 Å². The molecule has 1 aliphatic rings. The molecular formula is C19H24N4O2. The minimum atomic E-state index is -0.223. The molecule has 1 saturated heterocycles. The molecule has 132 valence electrons. The average Bonchev–Trinajstić information content (AvgIpc) is 3.10. The van der Waals surface area contributed by atoms with Crippen LogP contribution in [0.25, 0.3) is 10.9 Å². The number of amides is 1. The SMILES string of the molecule is C=CCNC(=O)[C@@H]1CCCN1c1nc(C)c2cc(OCC)ccc2n1. The van der Waals surface area contributed by atoms with Gasteiger partial charge >= 0.3 is 0 Å². The number of hydrogen-bond acceptors (Lipinski definition) is 5. The molecule has 0 aliphatic carbocycles. The van der Waals surface area contributed by atoms with Crippen molar-refractivity contribution in [3.8, 4) is 5.75 Å². The van der Waals surface area contributed by atoms with E-state index in [0.717, 1.165) is 41.7 Å². The third-order valence-corrected chi connectivity index (χ3v) is 4.39. The van der Waals surface area contributed by atoms with Crippen molar-refractivity contribution in [3.63, 3.8) is 0 Å². The van der Waals surface area contributed by atoms with Crippen LogP contribution in [-0.2, 0) is 4.79 Å². The number of hydrogen-bond donors (Lipinski definition) is 1. The minimum absolute atomic E-state index is 0.00504. The zero-order valence-electron chi connectivity index (χ0n) is 14.8. The Bertz CT molecular complexity index is 790. The fourth-order valence-corrected chi connectivity index (χ4v) is 3.20. The molecule has 0 bridgehead atoms. The average molecular weight is 340 g/mol. The Balaban J connectivity index is 1.91. The second-order valence-corrected chi connectivity index (χ2v) is 6.11. The third-order valence-electron chi connectivity index (χ3n) is 4.39. The van der Waals surface area contributed by atoms with Gasteiger partial charge in [-0.25, -0.2) is 9.97 Å². The van der Waals surface area contributed by atoms with E-state index in [1.165, 1.54) is 0 Å². The van der Waals surface area contributed by atoms with Gasteiger partial charge in [0, 0.05) is 18.5 Å². The van der Waals surface area contributed by atoms with Gasteiger partial charge < -0.3 is 15.0 Å². The molecule has 1 aromatic heterocycles. The van der Waals surface area contributed by atoms with Crippen molar-refractivity contribution in [2.75, 3.05) is 24.6 Å². The number of rotatable bonds is 6. The van der Waals surface area contributed by atoms with E-state index >= 15 is 0 Å². The topological polar surface area (TPSA) is 67.4 Å². The minimum Gasteiger partial charge on any atom is -0.494 e. The van der Waals surface area contributed by atoms with Gasteiger partial charge in [0.15, 0.2) is 0 Å². The fourth-order valence-electron chi connectivity index (χ4n) is 3.20. The van der Waals surface area contributed by atoms with Gasteiger partial charge in [-0.2, -0.15) is 0 Å². The number of anilines is 1. The van der Waals surface area contributed by atoms with E-state index < -0.39 is 0 Å². The molecule has 1 N–H and O–H groups in total. The Morgan fingerprint density at radius 1 is 1.48 bits per heavy atom. The lowest BCUT2D eigenvalue weighted by molar-refractivity contribution is -0.122. The Morgan fingerprint density at radius 2 is 2.32 bits per heavy atom. The Morgan fingerprint density at radius 3 is 3.08 bits per heavy atom. The zero-order valence-corrected chi connectivity index (χ0v) is 14.8. The number of nitrogens with zero attached hydrogens (tertiary/aromatic N) is 3. The van der Waals surface area contributed by atoms with Crippen LogP contribution in [0.15, 0.2) is 30.9 Å². The number of ether oxygens (including phenoxy) is 1. The Kier molecular flexibility index (Phi) is 5.16. The summed E-state index contributed by atoms with van der Waals surface area (Å²) in [6, 6.07) is 5.61. The van der Waals surface area contributed by atoms with E-state index in [9.17, 15) is 4.79 Å². The molecule has 0 radical (unpaired) electrons. The van der Waals surface area contributed by atoms with Crippen LogP contribution in [0.3, 0.4) is 0 Å². The maximum absolute atomic E-state index is 12.4. The second-order valence-electron chi connectivity index (χ2n) is 6.11. The van der Waals surface area contributed by atoms with Crippen LogP contribution in [0.1, 0.15) is 25.5 Å². The predicted octanol–water partition coefficient (Wildman–Crippen LogP) is 2.61. The van der Waals surface area contributed by atoms with Gasteiger partial charge in [-0.1, -0.05) is 6.08 Å². The summed E-state index contributed by atoms with van der Waals surface area (Å²) in [5.41, 5.74) is 1.75. The molecule has 0 saturated carbocycles. The van der Waals surface area contributed by atoms with Crippen molar-refractivity contribution in [1.82, 2.24) is 15.3 Å². The number of carbonyl (C=O) groups excluding carboxylic acids is 1. The monoisotopic (exact) mass is 340 g/mol. The molecule has 6 nitrogen and oxygen atoms in total. The van der Waals surface area contributed by atoms with Crippen LogP contribution in [0, 0.1) is 6.92 Å². The van der Waals surface area contributed by atoms with Crippen LogP contribution in [0.2, 0.25) is 0 Å². The van der Waals surface area contributed by atoms with Gasteiger partial charge in [-0.15, -0.1) is 6.58 Å². The molecule has 25 heavy (non-hydrogen) atoms. The van der Waals surface area contributed by atoms with E-state index in [0.29, 0.717) is 19.1 Å². The maximum atomic E-state index is 12.4. The lowest BCUT2D eigenvalue weighted by atomic mass is 10.2. The Hall–Kier alpha value is -2.63. The third kappa shape index (κ3) is 3.57. The van der Waals surface area contributed by atoms with Crippen molar-refractivity contribution in [2.24, 2.45) is 0 Å². The molecule has 0 spiro atoms. The van der Waals surface area contributed by atoms with Crippen LogP contribution in [-0.4, -0.2) is 41.6 Å². The van der Waals surface area contributed by atoms with Crippen molar-refractivity contribution < 1.29 is 9.53 Å². The van der Waals surface area contributed by atoms with Gasteiger partial charge in [0.2, 0.25) is 11.9 Å². The van der Waals surface area contributed by atoms with Crippen molar-refractivity contribution in [2.45, 2.75) is 32.7 Å². The van der Waals surface area contributed by atoms with Gasteiger partial charge in [0.25, 0.3) is 0 Å². The van der Waals surface area contributed by atoms with Gasteiger partial charge in [0.1, 0.15) is 11.8 Å². The molecule has 2 aromatic rings. The van der Waals surface area contributed by atoms with Gasteiger partial charge in [0.05, 0.1) is 17.8 Å². The Labute approximate surface area is 147 Å². The number of nitrogens with one attached hydrogen (secondary N) is 1. The first-order valence-electron chi connectivity index (χ1n) is 8.70. The van der Waals surface area contributed by atoms with Crippen LogP contribution in [0.4, 0.5) is 5.95 Å². The van der Waals surface area contributed by atoms with Crippen molar-refractivity contribution in [1.29, 1.82) is 0 Å². The lowest BCUT2D eigenvalue weighted by Crippen LogP contribution is -2.44. The number of benzene rings is 1. The normalized spacial score (nSPS) is 16.9. The summed E-state index contributed by atoms with van der Waals surface area (Å²) in [7, 11) is 0. The first-order chi connectivity index (χ1) is 12.1. The summed E-state index contributed by atoms with van der Waals surface area (Å²) >= 11 is 0. The quantitative estimate of drug-likeness (QED) is 0.819. The summed E-state index contributed by atoms with van der Waals surface area (Å²) in [4.78, 5) is 23.7. The van der Waals surface area contributed by atoms with Crippen LogP contribution >= 0.6 is 0 Å². The molecule has 3 rings (SSSR count). The number of aromatic nitrogens is 2. The standard InChI is InChI=1S/C19H24N4O2/c1-4-10-20-18(24)17-7-6-11-23(17)19-21-13(3)15-12-14(25-5-2)8-9-16(15)22-19/h4,8-9,12,17H,1,5-7,10-11H2,2-3H3,(H,20,24)/t17-/m0/s1. The highest BCUT2D eigenvalue weighted by Crippen LogP contribution is 2.27. The highest BCUT2D eigenvalue weighted by atomic mass is 16.5. The summed E-state index contributed by atoms with van der Waals surface area (Å²) in [5, 5.41) is 3.85. The number of aryl methyl sites for hydroxylation is 1. The maximum Gasteiger partial charge on any atom is 0.243 e. The lowest BCUT2D eigenvalue weighted by Gasteiger charge is -2.24. The van der Waals surface area contributed by atoms with Gasteiger partial charge in [-0.05, 0) is 44.9 Å². The predicted molar refractivity (Wildman–Crippen MR) is 99.0 cm³/mol. The summed E-state index contributed by atoms with van der Waals surface area (Å²) in [6.07, 6.45) is 3.45. The highest BCUT2D eigenvalue weighted by Gasteiger charge is 2.32. The van der Waals surface area contributed by atoms with E-state index in [1.54, 1.807) is 6.08 Å². The smallest absolute Gasteiger partial charge is 0.243 e. The van der Waals surface area contributed by atoms with Crippen molar-refractivity contribution in [3.05, 3.63) is 36.5 Å². The molecule has 1 fully saturated rings.